The number of halogens is 1. The first-order chi connectivity index (χ1) is 12.3. The van der Waals surface area contributed by atoms with E-state index in [-0.39, 0.29) is 6.04 Å². The summed E-state index contributed by atoms with van der Waals surface area (Å²) in [5.41, 5.74) is 15.1. The summed E-state index contributed by atoms with van der Waals surface area (Å²) in [4.78, 5) is 0. The molecule has 0 saturated heterocycles. The highest BCUT2D eigenvalue weighted by molar-refractivity contribution is 6.22. The van der Waals surface area contributed by atoms with Crippen LogP contribution >= 0.6 is 0 Å². The van der Waals surface area contributed by atoms with Gasteiger partial charge in [-0.3, -0.25) is 0 Å². The van der Waals surface area contributed by atoms with Crippen molar-refractivity contribution < 1.29 is 4.32 Å². The predicted molar refractivity (Wildman–Crippen MR) is 113 cm³/mol. The Balaban J connectivity index is 0.00000163. The van der Waals surface area contributed by atoms with Crippen molar-refractivity contribution in [2.45, 2.75) is 54.5 Å². The molecule has 1 aliphatic carbocycles. The van der Waals surface area contributed by atoms with Crippen molar-refractivity contribution in [2.24, 2.45) is 5.73 Å². The highest BCUT2D eigenvalue weighted by atomic mass is 19.1. The maximum Gasteiger partial charge on any atom is 0.451 e. The number of aryl methyl sites for hydroxylation is 1. The van der Waals surface area contributed by atoms with E-state index in [2.05, 4.69) is 50.3 Å². The van der Waals surface area contributed by atoms with Gasteiger partial charge in [0.15, 0.2) is 0 Å². The highest BCUT2D eigenvalue weighted by Gasteiger charge is 2.33. The molecule has 0 amide bonds. The van der Waals surface area contributed by atoms with Gasteiger partial charge in [-0.25, -0.2) is 0 Å². The fourth-order valence-electron chi connectivity index (χ4n) is 3.00. The van der Waals surface area contributed by atoms with E-state index in [4.69, 9.17) is 5.73 Å². The van der Waals surface area contributed by atoms with Gasteiger partial charge in [0.25, 0.3) is 0 Å². The zero-order chi connectivity index (χ0) is 19.9. The molecule has 1 aromatic rings. The van der Waals surface area contributed by atoms with Crippen LogP contribution in [0.4, 0.5) is 4.32 Å². The molecular weight excluding hydrogens is 322 g/mol. The van der Waals surface area contributed by atoms with Crippen molar-refractivity contribution in [1.82, 2.24) is 5.23 Å². The van der Waals surface area contributed by atoms with E-state index in [1.807, 2.05) is 39.8 Å². The van der Waals surface area contributed by atoms with Crippen molar-refractivity contribution in [3.8, 4) is 0 Å². The highest BCUT2D eigenvalue weighted by Crippen LogP contribution is 2.52. The normalized spacial score (nSPS) is 17.4. The fourth-order valence-corrected chi connectivity index (χ4v) is 3.00. The summed E-state index contributed by atoms with van der Waals surface area (Å²) >= 11 is 0. The first kappa shape index (κ1) is 22.0. The van der Waals surface area contributed by atoms with Crippen LogP contribution in [0.15, 0.2) is 64.4 Å². The molecule has 0 heterocycles. The molecule has 139 valence electrons. The molecule has 1 unspecified atom stereocenters. The average Bonchev–Trinajstić information content (AvgIpc) is 3.33. The van der Waals surface area contributed by atoms with Crippen LogP contribution in [0.5, 0.6) is 0 Å². The van der Waals surface area contributed by atoms with Crippen LogP contribution in [0.2, 0.25) is 0 Å². The van der Waals surface area contributed by atoms with Crippen LogP contribution < -0.4 is 11.0 Å². The lowest BCUT2D eigenvalue weighted by Gasteiger charge is -2.05. The Hall–Kier alpha value is -2.07. The van der Waals surface area contributed by atoms with E-state index in [9.17, 15) is 4.32 Å². The summed E-state index contributed by atoms with van der Waals surface area (Å²) in [6.45, 7) is 14.1. The first-order valence-electron chi connectivity index (χ1n) is 9.18. The van der Waals surface area contributed by atoms with Crippen molar-refractivity contribution in [1.29, 1.82) is 0 Å². The largest absolute Gasteiger partial charge is 0.451 e. The number of hydrogen-bond donors (Lipinski definition) is 2. The maximum absolute atomic E-state index is 12.3. The standard InChI is InChI=1S/C20H25BFN2.C2H6/c1-12-6-8-17(9-7-12)20-18(13(2)10-15(4)23)19(20)14(3)11-16(5)24-21-22;1-2/h6-11,16,24H,23H2,1-5H3;1-2H3/b14-11-,15-10-,18-13-;. The van der Waals surface area contributed by atoms with Crippen LogP contribution in [0.25, 0.3) is 5.57 Å². The third-order valence-electron chi connectivity index (χ3n) is 4.09. The Labute approximate surface area is 159 Å². The molecule has 1 atom stereocenters. The number of benzene rings is 1. The van der Waals surface area contributed by atoms with E-state index >= 15 is 0 Å². The molecule has 26 heavy (non-hydrogen) atoms. The number of nitrogens with one attached hydrogen (secondary N) is 1. The second-order valence-electron chi connectivity index (χ2n) is 6.48. The SMILES string of the molecule is C/C(N)=C/C(C)=C1C(/C(C)=C\C(C)N[B]F)=C/1c1ccc(C)cc1.CC. The van der Waals surface area contributed by atoms with E-state index in [1.165, 1.54) is 27.8 Å². The molecule has 1 aromatic carbocycles. The van der Waals surface area contributed by atoms with Gasteiger partial charge in [0.05, 0.1) is 0 Å². The summed E-state index contributed by atoms with van der Waals surface area (Å²) < 4.78 is 12.3. The third-order valence-corrected chi connectivity index (χ3v) is 4.09. The van der Waals surface area contributed by atoms with Gasteiger partial charge in [0.2, 0.25) is 0 Å². The first-order valence-corrected chi connectivity index (χ1v) is 9.18. The molecule has 0 bridgehead atoms. The summed E-state index contributed by atoms with van der Waals surface area (Å²) in [6, 6.07) is 8.48. The Morgan fingerprint density at radius 1 is 1.15 bits per heavy atom. The second-order valence-corrected chi connectivity index (χ2v) is 6.48. The van der Waals surface area contributed by atoms with Gasteiger partial charge in [-0.2, -0.15) is 0 Å². The lowest BCUT2D eigenvalue weighted by atomic mass is 10.1. The van der Waals surface area contributed by atoms with Gasteiger partial charge in [-0.1, -0.05) is 49.8 Å². The van der Waals surface area contributed by atoms with Gasteiger partial charge in [0, 0.05) is 11.7 Å². The minimum atomic E-state index is -0.0595. The van der Waals surface area contributed by atoms with Gasteiger partial charge in [-0.05, 0) is 74.1 Å². The topological polar surface area (TPSA) is 38.0 Å². The molecule has 4 heteroatoms. The molecule has 0 aliphatic heterocycles. The molecule has 2 nitrogen and oxygen atoms in total. The number of hydrogen-bond acceptors (Lipinski definition) is 2. The summed E-state index contributed by atoms with van der Waals surface area (Å²) in [6.07, 6.45) is 4.04. The second kappa shape index (κ2) is 10.2. The average molecular weight is 353 g/mol. The fraction of sp³-hybridized carbons (Fsp3) is 0.364. The van der Waals surface area contributed by atoms with Crippen molar-refractivity contribution in [3.63, 3.8) is 0 Å². The van der Waals surface area contributed by atoms with Crippen LogP contribution in [0.1, 0.15) is 52.7 Å². The van der Waals surface area contributed by atoms with E-state index in [1.54, 1.807) is 0 Å². The van der Waals surface area contributed by atoms with E-state index < -0.39 is 0 Å². The molecular formula is C22H31BFN2. The minimum Gasteiger partial charge on any atom is -0.402 e. The summed E-state index contributed by atoms with van der Waals surface area (Å²) in [5.74, 6) is 0. The smallest absolute Gasteiger partial charge is 0.402 e. The van der Waals surface area contributed by atoms with Crippen molar-refractivity contribution in [2.75, 3.05) is 0 Å². The molecule has 1 aliphatic rings. The lowest BCUT2D eigenvalue weighted by Crippen LogP contribution is -2.25. The molecule has 0 spiro atoms. The van der Waals surface area contributed by atoms with Crippen LogP contribution in [0.3, 0.4) is 0 Å². The summed E-state index contributed by atoms with van der Waals surface area (Å²) in [5, 5.41) is 2.66. The predicted octanol–water partition coefficient (Wildman–Crippen LogP) is 5.40. The molecule has 1 radical (unpaired) electrons. The van der Waals surface area contributed by atoms with Gasteiger partial charge < -0.3 is 15.3 Å². The van der Waals surface area contributed by atoms with Crippen LogP contribution in [0, 0.1) is 6.92 Å². The van der Waals surface area contributed by atoms with E-state index in [0.717, 1.165) is 16.8 Å². The Morgan fingerprint density at radius 2 is 1.73 bits per heavy atom. The third kappa shape index (κ3) is 5.74. The maximum atomic E-state index is 12.3. The lowest BCUT2D eigenvalue weighted by molar-refractivity contribution is 0.746. The Kier molecular flexibility index (Phi) is 8.60. The molecule has 2 rings (SSSR count). The quantitative estimate of drug-likeness (QED) is 0.673. The molecule has 0 aromatic heterocycles. The number of nitrogens with two attached hydrogens (primary N) is 1. The zero-order valence-corrected chi connectivity index (χ0v) is 17.1. The minimum absolute atomic E-state index is 0.0595. The number of allylic oxidation sites excluding steroid dienone is 7. The summed E-state index contributed by atoms with van der Waals surface area (Å²) in [7, 11) is 0.485. The van der Waals surface area contributed by atoms with E-state index in [0.29, 0.717) is 7.69 Å². The Bertz CT molecular complexity index is 736. The molecule has 0 saturated carbocycles. The monoisotopic (exact) mass is 353 g/mol. The van der Waals surface area contributed by atoms with Crippen molar-refractivity contribution >= 4 is 13.3 Å². The van der Waals surface area contributed by atoms with Crippen LogP contribution in [-0.2, 0) is 0 Å². The molecule has 3 N–H and O–H groups in total. The Morgan fingerprint density at radius 3 is 2.23 bits per heavy atom. The zero-order valence-electron chi connectivity index (χ0n) is 17.1. The van der Waals surface area contributed by atoms with Crippen molar-refractivity contribution in [3.05, 3.63) is 75.5 Å². The van der Waals surface area contributed by atoms with Crippen LogP contribution in [-0.4, -0.2) is 13.7 Å². The molecule has 0 fully saturated rings. The van der Waals surface area contributed by atoms with Gasteiger partial charge in [0.1, 0.15) is 0 Å². The van der Waals surface area contributed by atoms with Gasteiger partial charge in [-0.15, -0.1) is 0 Å². The number of rotatable bonds is 6. The van der Waals surface area contributed by atoms with Gasteiger partial charge >= 0.3 is 7.69 Å².